The van der Waals surface area contributed by atoms with Gasteiger partial charge in [-0.05, 0) is 43.6 Å². The van der Waals surface area contributed by atoms with E-state index in [1.54, 1.807) is 6.07 Å². The second-order valence-corrected chi connectivity index (χ2v) is 7.08. The molecule has 1 aromatic heterocycles. The molecule has 4 rings (SSSR count). The Morgan fingerprint density at radius 2 is 1.96 bits per heavy atom. The van der Waals surface area contributed by atoms with Crippen molar-refractivity contribution in [1.82, 2.24) is 10.1 Å². The zero-order valence-corrected chi connectivity index (χ0v) is 14.8. The molecule has 1 aliphatic heterocycles. The molecule has 27 heavy (non-hydrogen) atoms. The molecule has 0 aliphatic carbocycles. The second kappa shape index (κ2) is 7.48. The van der Waals surface area contributed by atoms with Crippen LogP contribution < -0.4 is 0 Å². The molecule has 0 saturated carbocycles. The predicted molar refractivity (Wildman–Crippen MR) is 99.2 cm³/mol. The first-order valence-corrected chi connectivity index (χ1v) is 9.17. The third-order valence-corrected chi connectivity index (χ3v) is 5.38. The molecule has 140 valence electrons. The van der Waals surface area contributed by atoms with E-state index in [4.69, 9.17) is 4.52 Å². The quantitative estimate of drug-likeness (QED) is 0.737. The van der Waals surface area contributed by atoms with Crippen molar-refractivity contribution in [3.63, 3.8) is 0 Å². The van der Waals surface area contributed by atoms with Crippen molar-refractivity contribution in [3.8, 4) is 0 Å². The maximum absolute atomic E-state index is 13.3. The van der Waals surface area contributed by atoms with Crippen LogP contribution in [0.15, 0.2) is 53.1 Å². The number of benzene rings is 2. The van der Waals surface area contributed by atoms with Crippen LogP contribution in [-0.4, -0.2) is 40.8 Å². The van der Waals surface area contributed by atoms with Crippen LogP contribution in [-0.2, 0) is 4.79 Å². The zero-order valence-electron chi connectivity index (χ0n) is 14.8. The maximum atomic E-state index is 13.3. The van der Waals surface area contributed by atoms with Crippen LogP contribution in [0.2, 0.25) is 0 Å². The summed E-state index contributed by atoms with van der Waals surface area (Å²) in [5.74, 6) is -1.42. The average Bonchev–Trinajstić information content (AvgIpc) is 3.10. The smallest absolute Gasteiger partial charge is 0.312 e. The topological polar surface area (TPSA) is 66.6 Å². The fourth-order valence-electron chi connectivity index (χ4n) is 3.88. The summed E-state index contributed by atoms with van der Waals surface area (Å²) in [5.41, 5.74) is 2.18. The van der Waals surface area contributed by atoms with Gasteiger partial charge in [-0.25, -0.2) is 4.39 Å². The van der Waals surface area contributed by atoms with E-state index >= 15 is 0 Å². The summed E-state index contributed by atoms with van der Waals surface area (Å²) in [5, 5.41) is 14.7. The van der Waals surface area contributed by atoms with Gasteiger partial charge in [-0.2, -0.15) is 0 Å². The third-order valence-electron chi connectivity index (χ3n) is 5.38. The first-order chi connectivity index (χ1) is 13.1. The van der Waals surface area contributed by atoms with Gasteiger partial charge in [0.15, 0.2) is 5.58 Å². The Balaban J connectivity index is 1.43. The molecular weight excluding hydrogens is 347 g/mol. The average molecular weight is 368 g/mol. The van der Waals surface area contributed by atoms with Crippen molar-refractivity contribution in [2.24, 2.45) is 0 Å². The Labute approximate surface area is 156 Å². The van der Waals surface area contributed by atoms with Gasteiger partial charge in [0.2, 0.25) is 0 Å². The summed E-state index contributed by atoms with van der Waals surface area (Å²) in [4.78, 5) is 13.9. The van der Waals surface area contributed by atoms with Gasteiger partial charge in [-0.3, -0.25) is 4.79 Å². The first kappa shape index (κ1) is 17.7. The molecule has 2 aromatic carbocycles. The van der Waals surface area contributed by atoms with E-state index in [-0.39, 0.29) is 11.7 Å². The normalized spacial score (nSPS) is 17.2. The minimum Gasteiger partial charge on any atom is -0.481 e. The number of rotatable bonds is 5. The molecule has 1 unspecified atom stereocenters. The molecule has 1 saturated heterocycles. The van der Waals surface area contributed by atoms with Crippen molar-refractivity contribution in [3.05, 3.63) is 65.6 Å². The maximum Gasteiger partial charge on any atom is 0.312 e. The number of fused-ring (bicyclic) bond motifs is 1. The number of carboxylic acids is 1. The monoisotopic (exact) mass is 368 g/mol. The molecule has 6 heteroatoms. The lowest BCUT2D eigenvalue weighted by Crippen LogP contribution is -2.37. The largest absolute Gasteiger partial charge is 0.481 e. The van der Waals surface area contributed by atoms with Crippen LogP contribution in [0.25, 0.3) is 11.0 Å². The number of aliphatic carboxylic acids is 1. The highest BCUT2D eigenvalue weighted by Crippen LogP contribution is 2.33. The number of hydrogen-bond donors (Lipinski definition) is 1. The number of hydrogen-bond acceptors (Lipinski definition) is 4. The molecule has 1 atom stereocenters. The summed E-state index contributed by atoms with van der Waals surface area (Å²) in [7, 11) is 0. The lowest BCUT2D eigenvalue weighted by Gasteiger charge is -2.32. The number of nitrogens with zero attached hydrogens (tertiary/aromatic N) is 2. The number of halogens is 1. The highest BCUT2D eigenvalue weighted by Gasteiger charge is 2.28. The Bertz CT molecular complexity index is 933. The SMILES string of the molecule is O=C(O)C(CN1CCC(c2noc3cc(F)ccc23)CC1)c1ccccc1. The van der Waals surface area contributed by atoms with Gasteiger partial charge >= 0.3 is 5.97 Å². The summed E-state index contributed by atoms with van der Waals surface area (Å²) < 4.78 is 18.6. The molecule has 2 heterocycles. The molecule has 1 fully saturated rings. The number of carbonyl (C=O) groups is 1. The number of piperidine rings is 1. The fraction of sp³-hybridized carbons (Fsp3) is 0.333. The van der Waals surface area contributed by atoms with Gasteiger partial charge in [-0.15, -0.1) is 0 Å². The van der Waals surface area contributed by atoms with Gasteiger partial charge in [0.05, 0.1) is 11.6 Å². The number of aromatic nitrogens is 1. The first-order valence-electron chi connectivity index (χ1n) is 9.17. The van der Waals surface area contributed by atoms with Gasteiger partial charge in [0, 0.05) is 23.9 Å². The Kier molecular flexibility index (Phi) is 4.90. The molecule has 0 amide bonds. The van der Waals surface area contributed by atoms with E-state index < -0.39 is 11.9 Å². The minimum atomic E-state index is -0.798. The minimum absolute atomic E-state index is 0.243. The standard InChI is InChI=1S/C21H21FN2O3/c22-16-6-7-17-19(12-16)27-23-20(17)15-8-10-24(11-9-15)13-18(21(25)26)14-4-2-1-3-5-14/h1-7,12,15,18H,8-11,13H2,(H,25,26). The molecule has 0 radical (unpaired) electrons. The van der Waals surface area contributed by atoms with E-state index in [0.29, 0.717) is 12.1 Å². The van der Waals surface area contributed by atoms with Crippen LogP contribution >= 0.6 is 0 Å². The van der Waals surface area contributed by atoms with Gasteiger partial charge in [-0.1, -0.05) is 35.5 Å². The Morgan fingerprint density at radius 3 is 2.67 bits per heavy atom. The van der Waals surface area contributed by atoms with E-state index in [2.05, 4.69) is 10.1 Å². The van der Waals surface area contributed by atoms with Crippen LogP contribution in [0.5, 0.6) is 0 Å². The second-order valence-electron chi connectivity index (χ2n) is 7.08. The van der Waals surface area contributed by atoms with Crippen molar-refractivity contribution < 1.29 is 18.8 Å². The van der Waals surface area contributed by atoms with Crippen LogP contribution in [0.1, 0.15) is 35.9 Å². The molecule has 1 aliphatic rings. The Morgan fingerprint density at radius 1 is 1.22 bits per heavy atom. The van der Waals surface area contributed by atoms with E-state index in [0.717, 1.165) is 42.6 Å². The highest BCUT2D eigenvalue weighted by atomic mass is 19.1. The van der Waals surface area contributed by atoms with E-state index in [1.807, 2.05) is 30.3 Å². The highest BCUT2D eigenvalue weighted by molar-refractivity contribution is 5.80. The van der Waals surface area contributed by atoms with Crippen molar-refractivity contribution in [2.45, 2.75) is 24.7 Å². The molecular formula is C21H21FN2O3. The van der Waals surface area contributed by atoms with Crippen molar-refractivity contribution in [2.75, 3.05) is 19.6 Å². The van der Waals surface area contributed by atoms with Crippen LogP contribution in [0.4, 0.5) is 4.39 Å². The van der Waals surface area contributed by atoms with Gasteiger partial charge in [0.1, 0.15) is 5.82 Å². The molecule has 1 N–H and O–H groups in total. The van der Waals surface area contributed by atoms with Crippen molar-refractivity contribution in [1.29, 1.82) is 0 Å². The van der Waals surface area contributed by atoms with Crippen LogP contribution in [0, 0.1) is 5.82 Å². The summed E-state index contributed by atoms with van der Waals surface area (Å²) in [6.07, 6.45) is 1.75. The summed E-state index contributed by atoms with van der Waals surface area (Å²) in [6, 6.07) is 13.9. The molecule has 0 spiro atoms. The zero-order chi connectivity index (χ0) is 18.8. The molecule has 5 nitrogen and oxygen atoms in total. The van der Waals surface area contributed by atoms with E-state index in [9.17, 15) is 14.3 Å². The third kappa shape index (κ3) is 3.71. The lowest BCUT2D eigenvalue weighted by molar-refractivity contribution is -0.139. The van der Waals surface area contributed by atoms with Gasteiger partial charge < -0.3 is 14.5 Å². The Hall–Kier alpha value is -2.73. The molecule has 0 bridgehead atoms. The summed E-state index contributed by atoms with van der Waals surface area (Å²) in [6.45, 7) is 2.10. The van der Waals surface area contributed by atoms with Crippen molar-refractivity contribution >= 4 is 16.9 Å². The van der Waals surface area contributed by atoms with E-state index in [1.165, 1.54) is 12.1 Å². The predicted octanol–water partition coefficient (Wildman–Crippen LogP) is 4.01. The molecule has 3 aromatic rings. The number of carboxylic acid groups (broad SMARTS) is 1. The fourth-order valence-corrected chi connectivity index (χ4v) is 3.88. The number of likely N-dealkylation sites (tertiary alicyclic amines) is 1. The summed E-state index contributed by atoms with van der Waals surface area (Å²) >= 11 is 0. The van der Waals surface area contributed by atoms with Crippen LogP contribution in [0.3, 0.4) is 0 Å². The lowest BCUT2D eigenvalue weighted by atomic mass is 9.90. The van der Waals surface area contributed by atoms with Gasteiger partial charge in [0.25, 0.3) is 0 Å².